The molecule has 2 aromatic carbocycles. The fourth-order valence-electron chi connectivity index (χ4n) is 3.70. The first-order valence-corrected chi connectivity index (χ1v) is 12.3. The van der Waals surface area contributed by atoms with E-state index in [9.17, 15) is 18.0 Å². The lowest BCUT2D eigenvalue weighted by atomic mass is 9.98. The molecule has 0 radical (unpaired) electrons. The van der Waals surface area contributed by atoms with Crippen LogP contribution < -0.4 is 5.32 Å². The Bertz CT molecular complexity index is 1040. The molecule has 0 atom stereocenters. The monoisotopic (exact) mass is 458 g/mol. The number of aryl methyl sites for hydroxylation is 1. The largest absolute Gasteiger partial charge is 0.466 e. The van der Waals surface area contributed by atoms with Crippen LogP contribution in [0.3, 0.4) is 0 Å². The summed E-state index contributed by atoms with van der Waals surface area (Å²) in [5.74, 6) is -0.709. The minimum Gasteiger partial charge on any atom is -0.466 e. The summed E-state index contributed by atoms with van der Waals surface area (Å²) in [6.45, 7) is 5.26. The molecule has 2 aromatic rings. The van der Waals surface area contributed by atoms with Gasteiger partial charge < -0.3 is 10.1 Å². The van der Waals surface area contributed by atoms with Crippen molar-refractivity contribution in [3.05, 3.63) is 65.2 Å². The summed E-state index contributed by atoms with van der Waals surface area (Å²) in [6, 6.07) is 14.2. The highest BCUT2D eigenvalue weighted by Gasteiger charge is 2.32. The number of sulfonamides is 1. The number of carbonyl (C=O) groups excluding carboxylic acids is 2. The maximum atomic E-state index is 13.1. The van der Waals surface area contributed by atoms with Gasteiger partial charge in [0, 0.05) is 25.2 Å². The molecule has 0 spiro atoms. The fourth-order valence-corrected chi connectivity index (χ4v) is 5.22. The van der Waals surface area contributed by atoms with Gasteiger partial charge in [0.1, 0.15) is 0 Å². The number of benzene rings is 2. The molecule has 0 saturated carbocycles. The van der Waals surface area contributed by atoms with Crippen molar-refractivity contribution in [2.75, 3.05) is 26.2 Å². The summed E-state index contributed by atoms with van der Waals surface area (Å²) in [4.78, 5) is 24.6. The second-order valence-electron chi connectivity index (χ2n) is 7.97. The second kappa shape index (κ2) is 10.8. The smallest absolute Gasteiger partial charge is 0.309 e. The molecule has 3 rings (SSSR count). The third-order valence-corrected chi connectivity index (χ3v) is 7.50. The van der Waals surface area contributed by atoms with Crippen LogP contribution in [0.25, 0.3) is 0 Å². The molecular formula is C24H30N2O5S. The summed E-state index contributed by atoms with van der Waals surface area (Å²) in [6.07, 6.45) is 0.860. The van der Waals surface area contributed by atoms with E-state index in [-0.39, 0.29) is 42.2 Å². The average Bonchev–Trinajstić information content (AvgIpc) is 2.80. The van der Waals surface area contributed by atoms with E-state index in [1.807, 2.05) is 31.2 Å². The number of esters is 1. The van der Waals surface area contributed by atoms with Gasteiger partial charge in [0.2, 0.25) is 10.0 Å². The van der Waals surface area contributed by atoms with Crippen LogP contribution in [0, 0.1) is 12.8 Å². The number of hydrogen-bond acceptors (Lipinski definition) is 6. The van der Waals surface area contributed by atoms with Gasteiger partial charge in [0.25, 0.3) is 0 Å². The summed E-state index contributed by atoms with van der Waals surface area (Å²) in [5.41, 5.74) is 2.60. The molecule has 1 aliphatic heterocycles. The molecule has 1 aliphatic rings. The van der Waals surface area contributed by atoms with Gasteiger partial charge in [0.15, 0.2) is 5.78 Å². The number of ketones is 1. The number of nitrogens with one attached hydrogen (secondary N) is 1. The lowest BCUT2D eigenvalue weighted by molar-refractivity contribution is -0.149. The molecule has 172 valence electrons. The van der Waals surface area contributed by atoms with E-state index in [4.69, 9.17) is 4.74 Å². The van der Waals surface area contributed by atoms with Crippen molar-refractivity contribution in [3.63, 3.8) is 0 Å². The minimum atomic E-state index is -3.74. The molecule has 1 N–H and O–H groups in total. The zero-order chi connectivity index (χ0) is 23.1. The standard InChI is InChI=1S/C24H30N2O5S/c1-3-31-24(28)20-11-13-26(14-12-20)32(29,30)22-6-4-5-21(15-22)23(27)17-25-16-19-9-7-18(2)8-10-19/h4-10,15,20,25H,3,11-14,16-17H2,1-2H3. The molecule has 0 amide bonds. The first-order chi connectivity index (χ1) is 15.3. The Hall–Kier alpha value is -2.55. The minimum absolute atomic E-state index is 0.0940. The van der Waals surface area contributed by atoms with Crippen LogP contribution in [0.15, 0.2) is 53.4 Å². The van der Waals surface area contributed by atoms with Crippen LogP contribution in [0.1, 0.15) is 41.3 Å². The number of nitrogens with zero attached hydrogens (tertiary/aromatic N) is 1. The van der Waals surface area contributed by atoms with Crippen molar-refractivity contribution < 1.29 is 22.7 Å². The zero-order valence-electron chi connectivity index (χ0n) is 18.5. The summed E-state index contributed by atoms with van der Waals surface area (Å²) >= 11 is 0. The predicted octanol–water partition coefficient (Wildman–Crippen LogP) is 2.93. The normalized spacial score (nSPS) is 15.4. The van der Waals surface area contributed by atoms with Gasteiger partial charge in [-0.15, -0.1) is 0 Å². The lowest BCUT2D eigenvalue weighted by Gasteiger charge is -2.30. The van der Waals surface area contributed by atoms with Crippen molar-refractivity contribution in [3.8, 4) is 0 Å². The van der Waals surface area contributed by atoms with Gasteiger partial charge in [-0.2, -0.15) is 4.31 Å². The van der Waals surface area contributed by atoms with E-state index in [0.717, 1.165) is 5.56 Å². The van der Waals surface area contributed by atoms with Gasteiger partial charge in [-0.3, -0.25) is 9.59 Å². The van der Waals surface area contributed by atoms with Gasteiger partial charge in [0.05, 0.1) is 24.0 Å². The number of Topliss-reactive ketones (excluding diaryl/α,β-unsaturated/α-hetero) is 1. The van der Waals surface area contributed by atoms with Crippen LogP contribution in [0.5, 0.6) is 0 Å². The van der Waals surface area contributed by atoms with Gasteiger partial charge in [-0.05, 0) is 44.4 Å². The Morgan fingerprint density at radius 1 is 1.09 bits per heavy atom. The Labute approximate surface area is 189 Å². The molecule has 0 unspecified atom stereocenters. The van der Waals surface area contributed by atoms with Gasteiger partial charge in [-0.1, -0.05) is 42.0 Å². The van der Waals surface area contributed by atoms with Crippen molar-refractivity contribution in [1.82, 2.24) is 9.62 Å². The summed E-state index contributed by atoms with van der Waals surface area (Å²) in [5, 5.41) is 3.11. The highest BCUT2D eigenvalue weighted by Crippen LogP contribution is 2.25. The number of hydrogen-bond donors (Lipinski definition) is 1. The first kappa shape index (κ1) is 24.1. The SMILES string of the molecule is CCOC(=O)C1CCN(S(=O)(=O)c2cccc(C(=O)CNCc3ccc(C)cc3)c2)CC1. The number of carbonyl (C=O) groups is 2. The molecular weight excluding hydrogens is 428 g/mol. The van der Waals surface area contributed by atoms with Crippen molar-refractivity contribution in [2.24, 2.45) is 5.92 Å². The van der Waals surface area contributed by atoms with E-state index in [0.29, 0.717) is 31.6 Å². The van der Waals surface area contributed by atoms with Crippen LogP contribution in [0.4, 0.5) is 0 Å². The third-order valence-electron chi connectivity index (χ3n) is 5.60. The lowest BCUT2D eigenvalue weighted by Crippen LogP contribution is -2.40. The topological polar surface area (TPSA) is 92.8 Å². The molecule has 0 aromatic heterocycles. The molecule has 7 nitrogen and oxygen atoms in total. The summed E-state index contributed by atoms with van der Waals surface area (Å²) < 4.78 is 32.6. The van der Waals surface area contributed by atoms with E-state index in [2.05, 4.69) is 5.32 Å². The average molecular weight is 459 g/mol. The Balaban J connectivity index is 1.60. The highest BCUT2D eigenvalue weighted by atomic mass is 32.2. The zero-order valence-corrected chi connectivity index (χ0v) is 19.4. The Morgan fingerprint density at radius 3 is 2.44 bits per heavy atom. The number of rotatable bonds is 9. The van der Waals surface area contributed by atoms with Crippen LogP contribution >= 0.6 is 0 Å². The van der Waals surface area contributed by atoms with E-state index < -0.39 is 10.0 Å². The molecule has 8 heteroatoms. The molecule has 0 bridgehead atoms. The maximum Gasteiger partial charge on any atom is 0.309 e. The van der Waals surface area contributed by atoms with E-state index >= 15 is 0 Å². The third kappa shape index (κ3) is 6.03. The molecule has 1 fully saturated rings. The molecule has 1 heterocycles. The summed E-state index contributed by atoms with van der Waals surface area (Å²) in [7, 11) is -3.74. The Kier molecular flexibility index (Phi) is 8.17. The van der Waals surface area contributed by atoms with Gasteiger partial charge >= 0.3 is 5.97 Å². The highest BCUT2D eigenvalue weighted by molar-refractivity contribution is 7.89. The van der Waals surface area contributed by atoms with E-state index in [1.165, 1.54) is 22.0 Å². The number of piperidine rings is 1. The van der Waals surface area contributed by atoms with E-state index in [1.54, 1.807) is 19.1 Å². The molecule has 0 aliphatic carbocycles. The first-order valence-electron chi connectivity index (χ1n) is 10.9. The van der Waals surface area contributed by atoms with Crippen molar-refractivity contribution in [1.29, 1.82) is 0 Å². The fraction of sp³-hybridized carbons (Fsp3) is 0.417. The number of ether oxygens (including phenoxy) is 1. The van der Waals surface area contributed by atoms with Crippen LogP contribution in [-0.2, 0) is 26.1 Å². The van der Waals surface area contributed by atoms with Gasteiger partial charge in [-0.25, -0.2) is 8.42 Å². The quantitative estimate of drug-likeness (QED) is 0.459. The molecule has 1 saturated heterocycles. The predicted molar refractivity (Wildman–Crippen MR) is 122 cm³/mol. The van der Waals surface area contributed by atoms with Crippen LogP contribution in [0.2, 0.25) is 0 Å². The van der Waals surface area contributed by atoms with Crippen molar-refractivity contribution >= 4 is 21.8 Å². The Morgan fingerprint density at radius 2 is 1.78 bits per heavy atom. The van der Waals surface area contributed by atoms with Crippen LogP contribution in [-0.4, -0.2) is 50.7 Å². The van der Waals surface area contributed by atoms with Crippen molar-refractivity contribution in [2.45, 2.75) is 38.1 Å². The maximum absolute atomic E-state index is 13.1. The molecule has 32 heavy (non-hydrogen) atoms. The second-order valence-corrected chi connectivity index (χ2v) is 9.91.